The van der Waals surface area contributed by atoms with Gasteiger partial charge in [-0.05, 0) is 112 Å². The van der Waals surface area contributed by atoms with Crippen LogP contribution in [0.2, 0.25) is 0 Å². The average Bonchev–Trinajstić information content (AvgIpc) is 3.43. The van der Waals surface area contributed by atoms with Crippen molar-refractivity contribution in [2.24, 2.45) is 5.10 Å². The summed E-state index contributed by atoms with van der Waals surface area (Å²) in [6.07, 6.45) is 4.47. The molecule has 2 N–H and O–H groups in total. The van der Waals surface area contributed by atoms with Crippen molar-refractivity contribution in [1.29, 1.82) is 0 Å². The molecule has 0 spiro atoms. The van der Waals surface area contributed by atoms with Gasteiger partial charge in [0.25, 0.3) is 11.8 Å². The smallest absolute Gasteiger partial charge is 0.341 e. The highest BCUT2D eigenvalue weighted by Gasteiger charge is 2.27. The maximum absolute atomic E-state index is 13.1. The number of ether oxygens (including phenoxy) is 3. The number of hydrazone groups is 1. The van der Waals surface area contributed by atoms with Gasteiger partial charge in [-0.2, -0.15) is 5.10 Å². The van der Waals surface area contributed by atoms with Crippen LogP contribution in [0, 0.1) is 6.92 Å². The van der Waals surface area contributed by atoms with Crippen molar-refractivity contribution < 1.29 is 28.6 Å². The van der Waals surface area contributed by atoms with Crippen LogP contribution in [0.25, 0.3) is 0 Å². The van der Waals surface area contributed by atoms with Crippen LogP contribution in [0.5, 0.6) is 11.5 Å². The number of esters is 1. The molecule has 3 aromatic carbocycles. The first-order valence-corrected chi connectivity index (χ1v) is 16.1. The van der Waals surface area contributed by atoms with E-state index >= 15 is 0 Å². The molecule has 1 aliphatic rings. The molecule has 1 heterocycles. The Labute approximate surface area is 272 Å². The van der Waals surface area contributed by atoms with Crippen molar-refractivity contribution in [2.75, 3.05) is 11.9 Å². The van der Waals surface area contributed by atoms with E-state index in [0.29, 0.717) is 28.5 Å². The summed E-state index contributed by atoms with van der Waals surface area (Å²) in [5.41, 5.74) is 7.43. The van der Waals surface area contributed by atoms with E-state index in [-0.39, 0.29) is 12.5 Å². The summed E-state index contributed by atoms with van der Waals surface area (Å²) in [4.78, 5) is 39.5. The lowest BCUT2D eigenvalue weighted by atomic mass is 9.95. The van der Waals surface area contributed by atoms with E-state index < -0.39 is 18.0 Å². The van der Waals surface area contributed by atoms with Gasteiger partial charge in [-0.15, -0.1) is 11.3 Å². The van der Waals surface area contributed by atoms with Crippen LogP contribution in [0.15, 0.2) is 77.9 Å². The third-order valence-corrected chi connectivity index (χ3v) is 8.68. The Morgan fingerprint density at radius 2 is 1.63 bits per heavy atom. The number of carbonyl (C=O) groups is 3. The van der Waals surface area contributed by atoms with Crippen LogP contribution in [0.3, 0.4) is 0 Å². The molecule has 0 saturated carbocycles. The molecular formula is C36H37N3O6S. The number of anilines is 1. The number of nitrogens with one attached hydrogen (secondary N) is 2. The maximum atomic E-state index is 13.1. The molecule has 9 nitrogen and oxygen atoms in total. The number of rotatable bonds is 12. The molecular weight excluding hydrogens is 602 g/mol. The monoisotopic (exact) mass is 639 g/mol. The van der Waals surface area contributed by atoms with E-state index in [9.17, 15) is 14.4 Å². The molecule has 46 heavy (non-hydrogen) atoms. The van der Waals surface area contributed by atoms with Crippen LogP contribution in [0.1, 0.15) is 74.5 Å². The molecule has 10 heteroatoms. The van der Waals surface area contributed by atoms with Gasteiger partial charge in [0.1, 0.15) is 23.1 Å². The highest BCUT2D eigenvalue weighted by molar-refractivity contribution is 7.17. The summed E-state index contributed by atoms with van der Waals surface area (Å²) in [6.45, 7) is 6.17. The summed E-state index contributed by atoms with van der Waals surface area (Å²) >= 11 is 1.44. The van der Waals surface area contributed by atoms with Crippen molar-refractivity contribution >= 4 is 40.3 Å². The number of benzene rings is 3. The molecule has 1 aliphatic carbocycles. The number of fused-ring (bicyclic) bond motifs is 1. The lowest BCUT2D eigenvalue weighted by Crippen LogP contribution is -2.33. The minimum atomic E-state index is -0.834. The molecule has 238 valence electrons. The Kier molecular flexibility index (Phi) is 10.8. The van der Waals surface area contributed by atoms with E-state index in [1.54, 1.807) is 44.3 Å². The van der Waals surface area contributed by atoms with Gasteiger partial charge in [0.05, 0.1) is 18.4 Å². The van der Waals surface area contributed by atoms with Crippen LogP contribution >= 0.6 is 11.3 Å². The van der Waals surface area contributed by atoms with Gasteiger partial charge in [-0.1, -0.05) is 29.8 Å². The molecule has 0 radical (unpaired) electrons. The lowest BCUT2D eigenvalue weighted by Gasteiger charge is -2.13. The molecule has 0 saturated heterocycles. The summed E-state index contributed by atoms with van der Waals surface area (Å²) < 4.78 is 16.9. The second-order valence-corrected chi connectivity index (χ2v) is 12.1. The maximum Gasteiger partial charge on any atom is 0.341 e. The third-order valence-electron chi connectivity index (χ3n) is 7.47. The van der Waals surface area contributed by atoms with E-state index in [0.717, 1.165) is 53.0 Å². The van der Waals surface area contributed by atoms with Gasteiger partial charge < -0.3 is 19.5 Å². The molecule has 1 atom stereocenters. The van der Waals surface area contributed by atoms with E-state index in [1.165, 1.54) is 16.9 Å². The summed E-state index contributed by atoms with van der Waals surface area (Å²) in [6, 6.07) is 22.0. The molecule has 0 bridgehead atoms. The fourth-order valence-electron chi connectivity index (χ4n) is 4.95. The number of thiophene rings is 1. The fourth-order valence-corrected chi connectivity index (χ4v) is 6.23. The summed E-state index contributed by atoms with van der Waals surface area (Å²) in [7, 11) is 0. The number of amides is 2. The normalized spacial score (nSPS) is 13.0. The predicted molar refractivity (Wildman–Crippen MR) is 179 cm³/mol. The second-order valence-electron chi connectivity index (χ2n) is 11.0. The summed E-state index contributed by atoms with van der Waals surface area (Å²) in [5.74, 6) is -0.0252. The lowest BCUT2D eigenvalue weighted by molar-refractivity contribution is -0.127. The van der Waals surface area contributed by atoms with Crippen molar-refractivity contribution in [3.8, 4) is 11.5 Å². The topological polar surface area (TPSA) is 115 Å². The zero-order valence-corrected chi connectivity index (χ0v) is 26.9. The minimum absolute atomic E-state index is 0.264. The highest BCUT2D eigenvalue weighted by atomic mass is 32.1. The zero-order valence-electron chi connectivity index (χ0n) is 26.1. The summed E-state index contributed by atoms with van der Waals surface area (Å²) in [5, 5.41) is 7.46. The number of nitrogens with zero attached hydrogens (tertiary/aromatic N) is 1. The number of hydrogen-bond donors (Lipinski definition) is 2. The molecule has 0 fully saturated rings. The number of hydrogen-bond acceptors (Lipinski definition) is 8. The van der Waals surface area contributed by atoms with Crippen molar-refractivity contribution in [3.63, 3.8) is 0 Å². The minimum Gasteiger partial charge on any atom is -0.489 e. The van der Waals surface area contributed by atoms with Crippen molar-refractivity contribution in [3.05, 3.63) is 111 Å². The van der Waals surface area contributed by atoms with E-state index in [1.807, 2.05) is 43.3 Å². The first kappa shape index (κ1) is 32.4. The number of aryl methyl sites for hydroxylation is 2. The fraction of sp³-hybridized carbons (Fsp3) is 0.278. The molecule has 1 unspecified atom stereocenters. The standard InChI is InChI=1S/C36H37N3O6S/c1-4-43-36(42)32-30-7-5-6-8-31(30)46-35(32)38-34(41)27-15-19-29(20-16-27)45-24(3)33(40)39-37-21-25-13-17-28(18-14-25)44-22-26-11-9-23(2)10-12-26/h9-21,24H,4-8,22H2,1-3H3,(H,38,41)(H,39,40)/b37-21+. The third kappa shape index (κ3) is 8.39. The largest absolute Gasteiger partial charge is 0.489 e. The zero-order chi connectivity index (χ0) is 32.5. The average molecular weight is 640 g/mol. The molecule has 1 aromatic heterocycles. The first-order valence-electron chi connectivity index (χ1n) is 15.3. The highest BCUT2D eigenvalue weighted by Crippen LogP contribution is 2.39. The Morgan fingerprint density at radius 1 is 0.935 bits per heavy atom. The van der Waals surface area contributed by atoms with Crippen molar-refractivity contribution in [1.82, 2.24) is 5.43 Å². The number of carbonyl (C=O) groups excluding carboxylic acids is 3. The SMILES string of the molecule is CCOC(=O)c1c(NC(=O)c2ccc(OC(C)C(=O)N/N=C/c3ccc(OCc4ccc(C)cc4)cc3)cc2)sc2c1CCCC2. The van der Waals surface area contributed by atoms with Gasteiger partial charge in [0.15, 0.2) is 6.10 Å². The van der Waals surface area contributed by atoms with Gasteiger partial charge >= 0.3 is 5.97 Å². The molecule has 2 amide bonds. The van der Waals surface area contributed by atoms with Crippen molar-refractivity contribution in [2.45, 2.75) is 59.2 Å². The second kappa shape index (κ2) is 15.4. The Morgan fingerprint density at radius 3 is 2.35 bits per heavy atom. The Hall–Kier alpha value is -4.96. The quantitative estimate of drug-likeness (QED) is 0.0994. The van der Waals surface area contributed by atoms with E-state index in [4.69, 9.17) is 14.2 Å². The van der Waals surface area contributed by atoms with Gasteiger partial charge in [0, 0.05) is 10.4 Å². The van der Waals surface area contributed by atoms with Crippen LogP contribution in [-0.2, 0) is 29.0 Å². The van der Waals surface area contributed by atoms with Gasteiger partial charge in [-0.3, -0.25) is 9.59 Å². The van der Waals surface area contributed by atoms with E-state index in [2.05, 4.69) is 28.0 Å². The van der Waals surface area contributed by atoms with Crippen LogP contribution in [0.4, 0.5) is 5.00 Å². The molecule has 0 aliphatic heterocycles. The van der Waals surface area contributed by atoms with Gasteiger partial charge in [0.2, 0.25) is 0 Å². The predicted octanol–water partition coefficient (Wildman–Crippen LogP) is 6.86. The first-order chi connectivity index (χ1) is 22.3. The Bertz CT molecular complexity index is 1700. The van der Waals surface area contributed by atoms with Gasteiger partial charge in [-0.25, -0.2) is 10.2 Å². The Balaban J connectivity index is 1.10. The molecule has 4 aromatic rings. The van der Waals surface area contributed by atoms with Crippen LogP contribution in [-0.4, -0.2) is 36.7 Å². The van der Waals surface area contributed by atoms with Crippen LogP contribution < -0.4 is 20.2 Å². The molecule has 5 rings (SSSR count).